The Kier molecular flexibility index (Phi) is 4.09. The van der Waals surface area contributed by atoms with Gasteiger partial charge >= 0.3 is 0 Å². The Balaban J connectivity index is 1.42. The van der Waals surface area contributed by atoms with E-state index in [4.69, 9.17) is 9.47 Å². The Hall–Kier alpha value is -2.54. The van der Waals surface area contributed by atoms with Crippen LogP contribution >= 0.6 is 15.9 Å². The number of carbonyl (C=O) groups excluding carboxylic acids is 1. The molecular weight excluding hydrogens is 386 g/mol. The SMILES string of the molecule is COc1ccc2cc(C(=O)N3CC(Oc4ncccc4Br)C3)[nH]c2c1. The number of carbonyl (C=O) groups is 1. The van der Waals surface area contributed by atoms with Crippen molar-refractivity contribution in [2.24, 2.45) is 0 Å². The van der Waals surface area contributed by atoms with Crippen molar-refractivity contribution < 1.29 is 14.3 Å². The van der Waals surface area contributed by atoms with Gasteiger partial charge in [-0.3, -0.25) is 4.79 Å². The molecule has 1 amide bonds. The van der Waals surface area contributed by atoms with E-state index in [2.05, 4.69) is 25.9 Å². The summed E-state index contributed by atoms with van der Waals surface area (Å²) in [5, 5.41) is 0.981. The number of halogens is 1. The van der Waals surface area contributed by atoms with E-state index < -0.39 is 0 Å². The quantitative estimate of drug-likeness (QED) is 0.728. The number of pyridine rings is 1. The van der Waals surface area contributed by atoms with Gasteiger partial charge in [0, 0.05) is 23.2 Å². The molecule has 0 unspecified atom stereocenters. The van der Waals surface area contributed by atoms with Crippen LogP contribution in [-0.2, 0) is 0 Å². The van der Waals surface area contributed by atoms with Gasteiger partial charge in [0.15, 0.2) is 0 Å². The first-order valence-electron chi connectivity index (χ1n) is 7.87. The van der Waals surface area contributed by atoms with Crippen molar-refractivity contribution in [1.29, 1.82) is 0 Å². The first-order chi connectivity index (χ1) is 12.1. The molecule has 0 spiro atoms. The van der Waals surface area contributed by atoms with Gasteiger partial charge in [-0.25, -0.2) is 4.98 Å². The molecule has 1 aliphatic heterocycles. The highest BCUT2D eigenvalue weighted by Crippen LogP contribution is 2.26. The molecule has 2 aromatic heterocycles. The van der Waals surface area contributed by atoms with Gasteiger partial charge in [0.25, 0.3) is 5.91 Å². The summed E-state index contributed by atoms with van der Waals surface area (Å²) in [6.07, 6.45) is 1.64. The van der Waals surface area contributed by atoms with Crippen LogP contribution in [0, 0.1) is 0 Å². The second kappa shape index (κ2) is 6.40. The highest BCUT2D eigenvalue weighted by Gasteiger charge is 2.34. The van der Waals surface area contributed by atoms with Crippen LogP contribution in [0.2, 0.25) is 0 Å². The fourth-order valence-electron chi connectivity index (χ4n) is 2.81. The zero-order chi connectivity index (χ0) is 17.4. The third kappa shape index (κ3) is 3.07. The van der Waals surface area contributed by atoms with E-state index in [9.17, 15) is 4.79 Å². The molecule has 7 heteroatoms. The van der Waals surface area contributed by atoms with E-state index in [1.807, 2.05) is 36.4 Å². The lowest BCUT2D eigenvalue weighted by molar-refractivity contribution is 0.0153. The number of nitrogens with zero attached hydrogens (tertiary/aromatic N) is 2. The summed E-state index contributed by atoms with van der Waals surface area (Å²) in [7, 11) is 1.62. The van der Waals surface area contributed by atoms with Crippen LogP contribution < -0.4 is 9.47 Å². The minimum absolute atomic E-state index is 0.0323. The Morgan fingerprint density at radius 2 is 2.16 bits per heavy atom. The van der Waals surface area contributed by atoms with Crippen LogP contribution in [0.5, 0.6) is 11.6 Å². The van der Waals surface area contributed by atoms with Crippen LogP contribution in [0.1, 0.15) is 10.5 Å². The number of ether oxygens (including phenoxy) is 2. The second-order valence-corrected chi connectivity index (χ2v) is 6.73. The third-order valence-corrected chi connectivity index (χ3v) is 4.80. The molecule has 0 radical (unpaired) electrons. The minimum atomic E-state index is -0.0420. The number of hydrogen-bond donors (Lipinski definition) is 1. The molecule has 0 aliphatic carbocycles. The standard InChI is InChI=1S/C18H16BrN3O3/c1-24-12-5-4-11-7-16(21-15(11)8-12)18(23)22-9-13(10-22)25-17-14(19)3-2-6-20-17/h2-8,13,21H,9-10H2,1H3. The highest BCUT2D eigenvalue weighted by atomic mass is 79.9. The molecular formula is C18H16BrN3O3. The summed E-state index contributed by atoms with van der Waals surface area (Å²) >= 11 is 3.41. The number of hydrogen-bond acceptors (Lipinski definition) is 4. The van der Waals surface area contributed by atoms with Crippen molar-refractivity contribution in [1.82, 2.24) is 14.9 Å². The van der Waals surface area contributed by atoms with E-state index in [-0.39, 0.29) is 12.0 Å². The van der Waals surface area contributed by atoms with E-state index in [1.165, 1.54) is 0 Å². The Labute approximate surface area is 152 Å². The largest absolute Gasteiger partial charge is 0.497 e. The molecule has 3 aromatic rings. The van der Waals surface area contributed by atoms with Crippen molar-refractivity contribution in [3.05, 3.63) is 52.8 Å². The summed E-state index contributed by atoms with van der Waals surface area (Å²) in [6, 6.07) is 11.3. The van der Waals surface area contributed by atoms with Crippen molar-refractivity contribution in [3.8, 4) is 11.6 Å². The number of rotatable bonds is 4. The Morgan fingerprint density at radius 1 is 1.32 bits per heavy atom. The Bertz CT molecular complexity index is 934. The maximum atomic E-state index is 12.6. The topological polar surface area (TPSA) is 67.4 Å². The normalized spacial score (nSPS) is 14.4. The number of benzene rings is 1. The van der Waals surface area contributed by atoms with E-state index in [1.54, 1.807) is 18.2 Å². The van der Waals surface area contributed by atoms with Gasteiger partial charge in [-0.15, -0.1) is 0 Å². The van der Waals surface area contributed by atoms with Crippen LogP contribution in [0.4, 0.5) is 0 Å². The molecule has 0 atom stereocenters. The number of H-pyrrole nitrogens is 1. The molecule has 3 heterocycles. The van der Waals surface area contributed by atoms with Crippen LogP contribution in [0.3, 0.4) is 0 Å². The lowest BCUT2D eigenvalue weighted by atomic mass is 10.1. The average molecular weight is 402 g/mol. The van der Waals surface area contributed by atoms with Crippen LogP contribution in [-0.4, -0.2) is 47.1 Å². The lowest BCUT2D eigenvalue weighted by Gasteiger charge is -2.38. The summed E-state index contributed by atoms with van der Waals surface area (Å²) in [6.45, 7) is 1.08. The van der Waals surface area contributed by atoms with Gasteiger partial charge in [0.05, 0.1) is 24.7 Å². The van der Waals surface area contributed by atoms with Gasteiger partial charge in [0.1, 0.15) is 17.5 Å². The summed E-state index contributed by atoms with van der Waals surface area (Å²) in [4.78, 5) is 21.7. The molecule has 128 valence electrons. The summed E-state index contributed by atoms with van der Waals surface area (Å²) < 4.78 is 11.8. The lowest BCUT2D eigenvalue weighted by Crippen LogP contribution is -2.56. The van der Waals surface area contributed by atoms with E-state index in [0.29, 0.717) is 24.7 Å². The zero-order valence-electron chi connectivity index (χ0n) is 13.5. The minimum Gasteiger partial charge on any atom is -0.497 e. The number of likely N-dealkylation sites (tertiary alicyclic amines) is 1. The number of amides is 1. The molecule has 1 aliphatic rings. The van der Waals surface area contributed by atoms with Crippen molar-refractivity contribution in [2.75, 3.05) is 20.2 Å². The van der Waals surface area contributed by atoms with Crippen molar-refractivity contribution in [3.63, 3.8) is 0 Å². The van der Waals surface area contributed by atoms with Crippen LogP contribution in [0.25, 0.3) is 10.9 Å². The maximum Gasteiger partial charge on any atom is 0.270 e. The summed E-state index contributed by atoms with van der Waals surface area (Å²) in [5.41, 5.74) is 1.45. The monoisotopic (exact) mass is 401 g/mol. The Morgan fingerprint density at radius 3 is 2.92 bits per heavy atom. The van der Waals surface area contributed by atoms with E-state index >= 15 is 0 Å². The molecule has 1 saturated heterocycles. The predicted octanol–water partition coefficient (Wildman–Crippen LogP) is 3.24. The van der Waals surface area contributed by atoms with Gasteiger partial charge in [-0.05, 0) is 46.3 Å². The molecule has 25 heavy (non-hydrogen) atoms. The highest BCUT2D eigenvalue weighted by molar-refractivity contribution is 9.10. The van der Waals surface area contributed by atoms with Gasteiger partial charge in [-0.2, -0.15) is 0 Å². The van der Waals surface area contributed by atoms with Crippen molar-refractivity contribution >= 4 is 32.7 Å². The zero-order valence-corrected chi connectivity index (χ0v) is 15.1. The van der Waals surface area contributed by atoms with Gasteiger partial charge in [0.2, 0.25) is 5.88 Å². The molecule has 1 fully saturated rings. The smallest absolute Gasteiger partial charge is 0.270 e. The van der Waals surface area contributed by atoms with E-state index in [0.717, 1.165) is 21.1 Å². The first-order valence-corrected chi connectivity index (χ1v) is 8.66. The number of nitrogens with one attached hydrogen (secondary N) is 1. The molecule has 0 saturated carbocycles. The number of fused-ring (bicyclic) bond motifs is 1. The third-order valence-electron chi connectivity index (χ3n) is 4.20. The molecule has 4 rings (SSSR count). The van der Waals surface area contributed by atoms with Gasteiger partial charge < -0.3 is 19.4 Å². The fourth-order valence-corrected chi connectivity index (χ4v) is 3.16. The first kappa shape index (κ1) is 16.0. The van der Waals surface area contributed by atoms with Crippen LogP contribution in [0.15, 0.2) is 47.1 Å². The van der Waals surface area contributed by atoms with Gasteiger partial charge in [-0.1, -0.05) is 0 Å². The number of aromatic nitrogens is 2. The van der Waals surface area contributed by atoms with Crippen molar-refractivity contribution in [2.45, 2.75) is 6.10 Å². The molecule has 1 N–H and O–H groups in total. The maximum absolute atomic E-state index is 12.6. The average Bonchev–Trinajstić information content (AvgIpc) is 3.01. The predicted molar refractivity (Wildman–Crippen MR) is 97.1 cm³/mol. The fraction of sp³-hybridized carbons (Fsp3) is 0.222. The molecule has 0 bridgehead atoms. The molecule has 6 nitrogen and oxygen atoms in total. The summed E-state index contributed by atoms with van der Waals surface area (Å²) in [5.74, 6) is 1.28. The second-order valence-electron chi connectivity index (χ2n) is 5.88. The molecule has 1 aromatic carbocycles. The number of methoxy groups -OCH3 is 1. The number of aromatic amines is 1.